The summed E-state index contributed by atoms with van der Waals surface area (Å²) < 4.78 is 5.06. The smallest absolute Gasteiger partial charge is 0.0947 e. The Morgan fingerprint density at radius 3 is 2.69 bits per heavy atom. The van der Waals surface area contributed by atoms with Gasteiger partial charge in [-0.3, -0.25) is 0 Å². The van der Waals surface area contributed by atoms with Crippen molar-refractivity contribution in [1.82, 2.24) is 4.90 Å². The van der Waals surface area contributed by atoms with E-state index in [0.717, 1.165) is 25.6 Å². The van der Waals surface area contributed by atoms with Gasteiger partial charge in [-0.1, -0.05) is 13.8 Å². The molecule has 0 spiro atoms. The van der Waals surface area contributed by atoms with Crippen LogP contribution in [0.15, 0.2) is 23.0 Å². The third kappa shape index (κ3) is 4.81. The highest BCUT2D eigenvalue weighted by Gasteiger charge is 2.12. The summed E-state index contributed by atoms with van der Waals surface area (Å²) in [5, 5.41) is 0. The Kier molecular flexibility index (Phi) is 5.56. The van der Waals surface area contributed by atoms with Gasteiger partial charge in [0.2, 0.25) is 0 Å². The predicted octanol–water partition coefficient (Wildman–Crippen LogP) is 2.33. The number of hydrogen-bond donors (Lipinski definition) is 1. The topological polar surface area (TPSA) is 42.4 Å². The third-order valence-electron chi connectivity index (χ3n) is 2.74. The first-order valence-corrected chi connectivity index (χ1v) is 6.01. The second-order valence-electron chi connectivity index (χ2n) is 5.06. The monoisotopic (exact) mass is 224 g/mol. The standard InChI is InChI=1S/C13H24N2O/c1-11(2)6-13(7-14)9-15(3)8-12-4-5-16-10-12/h4-5,10-11,13H,6-9,14H2,1-3H3. The molecule has 0 aliphatic carbocycles. The fourth-order valence-corrected chi connectivity index (χ4v) is 2.11. The maximum Gasteiger partial charge on any atom is 0.0947 e. The highest BCUT2D eigenvalue weighted by Crippen LogP contribution is 2.13. The molecule has 3 nitrogen and oxygen atoms in total. The summed E-state index contributed by atoms with van der Waals surface area (Å²) in [5.41, 5.74) is 7.02. The lowest BCUT2D eigenvalue weighted by Crippen LogP contribution is -2.30. The molecule has 0 amide bonds. The molecule has 0 aromatic carbocycles. The highest BCUT2D eigenvalue weighted by atomic mass is 16.3. The van der Waals surface area contributed by atoms with Crippen molar-refractivity contribution in [2.24, 2.45) is 17.6 Å². The first-order chi connectivity index (χ1) is 7.61. The van der Waals surface area contributed by atoms with Crippen molar-refractivity contribution in [3.63, 3.8) is 0 Å². The van der Waals surface area contributed by atoms with Crippen LogP contribution in [0.4, 0.5) is 0 Å². The summed E-state index contributed by atoms with van der Waals surface area (Å²) in [5.74, 6) is 1.31. The van der Waals surface area contributed by atoms with Gasteiger partial charge in [0.1, 0.15) is 0 Å². The molecule has 0 fully saturated rings. The van der Waals surface area contributed by atoms with E-state index in [2.05, 4.69) is 25.8 Å². The Morgan fingerprint density at radius 2 is 2.19 bits per heavy atom. The minimum absolute atomic E-state index is 0.594. The van der Waals surface area contributed by atoms with Gasteiger partial charge in [-0.15, -0.1) is 0 Å². The van der Waals surface area contributed by atoms with Crippen molar-refractivity contribution in [2.75, 3.05) is 20.1 Å². The Hall–Kier alpha value is -0.800. The average Bonchev–Trinajstić information content (AvgIpc) is 2.68. The van der Waals surface area contributed by atoms with E-state index in [0.29, 0.717) is 5.92 Å². The van der Waals surface area contributed by atoms with Crippen LogP contribution in [-0.4, -0.2) is 25.0 Å². The van der Waals surface area contributed by atoms with Crippen molar-refractivity contribution >= 4 is 0 Å². The second-order valence-corrected chi connectivity index (χ2v) is 5.06. The van der Waals surface area contributed by atoms with Crippen LogP contribution in [0, 0.1) is 11.8 Å². The largest absolute Gasteiger partial charge is 0.472 e. The van der Waals surface area contributed by atoms with Gasteiger partial charge in [-0.05, 0) is 37.9 Å². The fourth-order valence-electron chi connectivity index (χ4n) is 2.11. The average molecular weight is 224 g/mol. The first kappa shape index (κ1) is 13.3. The van der Waals surface area contributed by atoms with E-state index in [-0.39, 0.29) is 0 Å². The number of nitrogens with zero attached hydrogens (tertiary/aromatic N) is 1. The van der Waals surface area contributed by atoms with Crippen LogP contribution in [-0.2, 0) is 6.54 Å². The summed E-state index contributed by atoms with van der Waals surface area (Å²) in [6.45, 7) is 7.26. The van der Waals surface area contributed by atoms with E-state index in [1.54, 1.807) is 12.5 Å². The molecule has 1 aromatic heterocycles. The minimum Gasteiger partial charge on any atom is -0.472 e. The van der Waals surface area contributed by atoms with Crippen LogP contribution in [0.2, 0.25) is 0 Å². The molecule has 3 heteroatoms. The van der Waals surface area contributed by atoms with Crippen LogP contribution >= 0.6 is 0 Å². The molecular weight excluding hydrogens is 200 g/mol. The van der Waals surface area contributed by atoms with Crippen LogP contribution in [0.3, 0.4) is 0 Å². The van der Waals surface area contributed by atoms with E-state index in [9.17, 15) is 0 Å². The second kappa shape index (κ2) is 6.71. The number of nitrogens with two attached hydrogens (primary N) is 1. The van der Waals surface area contributed by atoms with Crippen LogP contribution in [0.1, 0.15) is 25.8 Å². The van der Waals surface area contributed by atoms with Gasteiger partial charge in [-0.2, -0.15) is 0 Å². The lowest BCUT2D eigenvalue weighted by atomic mass is 9.97. The minimum atomic E-state index is 0.594. The predicted molar refractivity (Wildman–Crippen MR) is 67.0 cm³/mol. The molecule has 0 saturated carbocycles. The molecule has 2 N–H and O–H groups in total. The molecule has 1 aromatic rings. The zero-order chi connectivity index (χ0) is 12.0. The summed E-state index contributed by atoms with van der Waals surface area (Å²) in [6.07, 6.45) is 4.72. The Morgan fingerprint density at radius 1 is 1.44 bits per heavy atom. The zero-order valence-corrected chi connectivity index (χ0v) is 10.6. The maximum absolute atomic E-state index is 5.80. The van der Waals surface area contributed by atoms with Crippen molar-refractivity contribution in [1.29, 1.82) is 0 Å². The van der Waals surface area contributed by atoms with E-state index in [1.807, 2.05) is 6.07 Å². The van der Waals surface area contributed by atoms with E-state index >= 15 is 0 Å². The van der Waals surface area contributed by atoms with Gasteiger partial charge in [0.05, 0.1) is 12.5 Å². The zero-order valence-electron chi connectivity index (χ0n) is 10.6. The van der Waals surface area contributed by atoms with Gasteiger partial charge in [0, 0.05) is 18.7 Å². The van der Waals surface area contributed by atoms with Crippen molar-refractivity contribution in [3.8, 4) is 0 Å². The molecule has 92 valence electrons. The molecule has 1 heterocycles. The first-order valence-electron chi connectivity index (χ1n) is 6.01. The van der Waals surface area contributed by atoms with Gasteiger partial charge in [0.15, 0.2) is 0 Å². The van der Waals surface area contributed by atoms with Crippen LogP contribution in [0.25, 0.3) is 0 Å². The molecule has 16 heavy (non-hydrogen) atoms. The summed E-state index contributed by atoms with van der Waals surface area (Å²) in [6, 6.07) is 2.01. The Balaban J connectivity index is 2.34. The lowest BCUT2D eigenvalue weighted by Gasteiger charge is -2.23. The molecular formula is C13H24N2O. The molecule has 0 aliphatic rings. The third-order valence-corrected chi connectivity index (χ3v) is 2.74. The molecule has 1 unspecified atom stereocenters. The highest BCUT2D eigenvalue weighted by molar-refractivity contribution is 5.04. The van der Waals surface area contributed by atoms with E-state index in [4.69, 9.17) is 10.2 Å². The van der Waals surface area contributed by atoms with Gasteiger partial charge >= 0.3 is 0 Å². The van der Waals surface area contributed by atoms with Crippen LogP contribution in [0.5, 0.6) is 0 Å². The maximum atomic E-state index is 5.80. The summed E-state index contributed by atoms with van der Waals surface area (Å²) in [4.78, 5) is 2.31. The normalized spacial score (nSPS) is 13.6. The SMILES string of the molecule is CC(C)CC(CN)CN(C)Cc1ccoc1. The quantitative estimate of drug-likeness (QED) is 0.773. The van der Waals surface area contributed by atoms with Crippen LogP contribution < -0.4 is 5.73 Å². The van der Waals surface area contributed by atoms with Crippen molar-refractivity contribution in [3.05, 3.63) is 24.2 Å². The molecule has 0 radical (unpaired) electrons. The summed E-state index contributed by atoms with van der Waals surface area (Å²) in [7, 11) is 2.13. The van der Waals surface area contributed by atoms with Crippen molar-refractivity contribution in [2.45, 2.75) is 26.8 Å². The van der Waals surface area contributed by atoms with Gasteiger partial charge < -0.3 is 15.1 Å². The molecule has 0 bridgehead atoms. The van der Waals surface area contributed by atoms with Gasteiger partial charge in [-0.25, -0.2) is 0 Å². The Bertz CT molecular complexity index is 269. The Labute approximate surface area is 98.6 Å². The fraction of sp³-hybridized carbons (Fsp3) is 0.692. The summed E-state index contributed by atoms with van der Waals surface area (Å²) >= 11 is 0. The van der Waals surface area contributed by atoms with E-state index < -0.39 is 0 Å². The number of hydrogen-bond acceptors (Lipinski definition) is 3. The number of rotatable bonds is 7. The molecule has 1 atom stereocenters. The molecule has 1 rings (SSSR count). The molecule has 0 saturated heterocycles. The molecule has 0 aliphatic heterocycles. The lowest BCUT2D eigenvalue weighted by molar-refractivity contribution is 0.249. The van der Waals surface area contributed by atoms with E-state index in [1.165, 1.54) is 12.0 Å². The number of furan rings is 1. The van der Waals surface area contributed by atoms with Gasteiger partial charge in [0.25, 0.3) is 0 Å². The van der Waals surface area contributed by atoms with Crippen molar-refractivity contribution < 1.29 is 4.42 Å².